The first-order valence-electron chi connectivity index (χ1n) is 5.18. The molecule has 0 fully saturated rings. The van der Waals surface area contributed by atoms with E-state index in [-0.39, 0.29) is 5.41 Å². The summed E-state index contributed by atoms with van der Waals surface area (Å²) in [5, 5.41) is 0. The van der Waals surface area contributed by atoms with E-state index in [4.69, 9.17) is 0 Å². The largest absolute Gasteiger partial charge is 0.178 e. The number of thiol groups is 1. The molecular formula is C13H20S. The summed E-state index contributed by atoms with van der Waals surface area (Å²) in [7, 11) is 0. The average Bonchev–Trinajstić information content (AvgIpc) is 2.18. The lowest BCUT2D eigenvalue weighted by molar-refractivity contribution is 0.603. The zero-order chi connectivity index (χ0) is 10.8. The SMILES string of the molecule is CC(C)c1ccc(C(C)(C)CS)cc1. The quantitative estimate of drug-likeness (QED) is 0.713. The van der Waals surface area contributed by atoms with Crippen LogP contribution in [0.3, 0.4) is 0 Å². The highest BCUT2D eigenvalue weighted by Gasteiger charge is 2.18. The van der Waals surface area contributed by atoms with Gasteiger partial charge in [-0.15, -0.1) is 0 Å². The number of hydrogen-bond donors (Lipinski definition) is 1. The number of benzene rings is 1. The van der Waals surface area contributed by atoms with E-state index in [1.807, 2.05) is 0 Å². The van der Waals surface area contributed by atoms with Gasteiger partial charge in [0.25, 0.3) is 0 Å². The van der Waals surface area contributed by atoms with Gasteiger partial charge in [-0.05, 0) is 28.2 Å². The maximum Gasteiger partial charge on any atom is -0.000584 e. The predicted molar refractivity (Wildman–Crippen MR) is 67.4 cm³/mol. The van der Waals surface area contributed by atoms with Gasteiger partial charge in [0.05, 0.1) is 0 Å². The summed E-state index contributed by atoms with van der Waals surface area (Å²) in [6.07, 6.45) is 0. The molecule has 0 radical (unpaired) electrons. The van der Waals surface area contributed by atoms with Gasteiger partial charge in [0.15, 0.2) is 0 Å². The van der Waals surface area contributed by atoms with Crippen molar-refractivity contribution in [3.63, 3.8) is 0 Å². The van der Waals surface area contributed by atoms with Gasteiger partial charge in [0, 0.05) is 0 Å². The molecule has 0 aromatic heterocycles. The Morgan fingerprint density at radius 2 is 1.64 bits per heavy atom. The summed E-state index contributed by atoms with van der Waals surface area (Å²) in [6, 6.07) is 8.91. The lowest BCUT2D eigenvalue weighted by atomic mass is 9.85. The molecule has 0 amide bonds. The fourth-order valence-corrected chi connectivity index (χ4v) is 1.59. The Hall–Kier alpha value is -0.430. The van der Waals surface area contributed by atoms with E-state index in [9.17, 15) is 0 Å². The monoisotopic (exact) mass is 208 g/mol. The van der Waals surface area contributed by atoms with Crippen LogP contribution in [-0.4, -0.2) is 5.75 Å². The van der Waals surface area contributed by atoms with Crippen LogP contribution in [0.15, 0.2) is 24.3 Å². The summed E-state index contributed by atoms with van der Waals surface area (Å²) in [6.45, 7) is 8.90. The second kappa shape index (κ2) is 4.39. The molecule has 1 aromatic carbocycles. The van der Waals surface area contributed by atoms with Crippen molar-refractivity contribution in [2.45, 2.75) is 39.0 Å². The molecule has 0 bridgehead atoms. The van der Waals surface area contributed by atoms with E-state index < -0.39 is 0 Å². The average molecular weight is 208 g/mol. The summed E-state index contributed by atoms with van der Waals surface area (Å²) < 4.78 is 0. The molecule has 0 saturated heterocycles. The van der Waals surface area contributed by atoms with E-state index in [1.165, 1.54) is 11.1 Å². The summed E-state index contributed by atoms with van der Waals surface area (Å²) in [4.78, 5) is 0. The van der Waals surface area contributed by atoms with E-state index >= 15 is 0 Å². The van der Waals surface area contributed by atoms with Crippen molar-refractivity contribution in [2.75, 3.05) is 5.75 Å². The number of hydrogen-bond acceptors (Lipinski definition) is 1. The van der Waals surface area contributed by atoms with Crippen LogP contribution in [0.2, 0.25) is 0 Å². The zero-order valence-electron chi connectivity index (χ0n) is 9.54. The highest BCUT2D eigenvalue weighted by Crippen LogP contribution is 2.25. The molecule has 0 heterocycles. The topological polar surface area (TPSA) is 0 Å². The number of rotatable bonds is 3. The first-order valence-corrected chi connectivity index (χ1v) is 5.82. The first kappa shape index (κ1) is 11.6. The molecule has 0 aliphatic carbocycles. The fourth-order valence-electron chi connectivity index (χ4n) is 1.41. The van der Waals surface area contributed by atoms with Crippen LogP contribution >= 0.6 is 12.6 Å². The molecule has 0 nitrogen and oxygen atoms in total. The Balaban J connectivity index is 2.94. The third kappa shape index (κ3) is 2.54. The Morgan fingerprint density at radius 1 is 1.14 bits per heavy atom. The van der Waals surface area contributed by atoms with E-state index in [0.29, 0.717) is 5.92 Å². The molecule has 1 aromatic rings. The molecule has 0 spiro atoms. The van der Waals surface area contributed by atoms with Gasteiger partial charge in [0.2, 0.25) is 0 Å². The molecule has 0 N–H and O–H groups in total. The van der Waals surface area contributed by atoms with Gasteiger partial charge in [0.1, 0.15) is 0 Å². The summed E-state index contributed by atoms with van der Waals surface area (Å²) >= 11 is 4.38. The zero-order valence-corrected chi connectivity index (χ0v) is 10.4. The maximum absolute atomic E-state index is 4.38. The van der Waals surface area contributed by atoms with Crippen molar-refractivity contribution < 1.29 is 0 Å². The summed E-state index contributed by atoms with van der Waals surface area (Å²) in [5.41, 5.74) is 2.96. The van der Waals surface area contributed by atoms with Gasteiger partial charge in [-0.25, -0.2) is 0 Å². The standard InChI is InChI=1S/C13H20S/c1-10(2)11-5-7-12(8-6-11)13(3,4)9-14/h5-8,10,14H,9H2,1-4H3. The van der Waals surface area contributed by atoms with Crippen LogP contribution < -0.4 is 0 Å². The molecule has 14 heavy (non-hydrogen) atoms. The molecule has 78 valence electrons. The van der Waals surface area contributed by atoms with E-state index in [2.05, 4.69) is 64.6 Å². The molecular weight excluding hydrogens is 188 g/mol. The van der Waals surface area contributed by atoms with Crippen molar-refractivity contribution >= 4 is 12.6 Å². The van der Waals surface area contributed by atoms with E-state index in [1.54, 1.807) is 0 Å². The van der Waals surface area contributed by atoms with Crippen LogP contribution in [-0.2, 0) is 5.41 Å². The van der Waals surface area contributed by atoms with Crippen molar-refractivity contribution in [3.8, 4) is 0 Å². The molecule has 1 rings (SSSR count). The minimum atomic E-state index is 0.179. The van der Waals surface area contributed by atoms with Crippen LogP contribution in [0, 0.1) is 0 Å². The van der Waals surface area contributed by atoms with E-state index in [0.717, 1.165) is 5.75 Å². The highest BCUT2D eigenvalue weighted by molar-refractivity contribution is 7.80. The highest BCUT2D eigenvalue weighted by atomic mass is 32.1. The summed E-state index contributed by atoms with van der Waals surface area (Å²) in [5.74, 6) is 1.50. The Labute approximate surface area is 93.1 Å². The molecule has 0 aliphatic rings. The van der Waals surface area contributed by atoms with Gasteiger partial charge in [-0.3, -0.25) is 0 Å². The maximum atomic E-state index is 4.38. The first-order chi connectivity index (χ1) is 6.47. The van der Waals surface area contributed by atoms with Crippen LogP contribution in [0.1, 0.15) is 44.7 Å². The smallest absolute Gasteiger partial charge is 0.000584 e. The molecule has 0 unspecified atom stereocenters. The predicted octanol–water partition coefficient (Wildman–Crippen LogP) is 4.02. The third-order valence-corrected chi connectivity index (χ3v) is 3.54. The van der Waals surface area contributed by atoms with Crippen molar-refractivity contribution in [1.82, 2.24) is 0 Å². The minimum absolute atomic E-state index is 0.179. The van der Waals surface area contributed by atoms with Crippen LogP contribution in [0.5, 0.6) is 0 Å². The van der Waals surface area contributed by atoms with Gasteiger partial charge in [-0.2, -0.15) is 12.6 Å². The van der Waals surface area contributed by atoms with Gasteiger partial charge >= 0.3 is 0 Å². The molecule has 0 aliphatic heterocycles. The fraction of sp³-hybridized carbons (Fsp3) is 0.538. The molecule has 0 saturated carbocycles. The van der Waals surface area contributed by atoms with Crippen molar-refractivity contribution in [3.05, 3.63) is 35.4 Å². The van der Waals surface area contributed by atoms with Crippen molar-refractivity contribution in [1.29, 1.82) is 0 Å². The Bertz CT molecular complexity index is 283. The second-order valence-electron chi connectivity index (χ2n) is 4.82. The third-order valence-electron chi connectivity index (χ3n) is 2.75. The molecule has 1 heteroatoms. The van der Waals surface area contributed by atoms with Gasteiger partial charge in [-0.1, -0.05) is 52.0 Å². The van der Waals surface area contributed by atoms with Gasteiger partial charge < -0.3 is 0 Å². The van der Waals surface area contributed by atoms with Crippen LogP contribution in [0.4, 0.5) is 0 Å². The van der Waals surface area contributed by atoms with Crippen LogP contribution in [0.25, 0.3) is 0 Å². The lowest BCUT2D eigenvalue weighted by Crippen LogP contribution is -2.18. The lowest BCUT2D eigenvalue weighted by Gasteiger charge is -2.23. The second-order valence-corrected chi connectivity index (χ2v) is 5.13. The normalized spacial score (nSPS) is 12.1. The minimum Gasteiger partial charge on any atom is -0.178 e. The van der Waals surface area contributed by atoms with Crippen molar-refractivity contribution in [2.24, 2.45) is 0 Å². The Kier molecular flexibility index (Phi) is 3.65. The molecule has 0 atom stereocenters. The Morgan fingerprint density at radius 3 is 2.00 bits per heavy atom.